The van der Waals surface area contributed by atoms with Crippen molar-refractivity contribution < 1.29 is 5.11 Å². The van der Waals surface area contributed by atoms with Crippen molar-refractivity contribution in [3.05, 3.63) is 35.4 Å². The standard InChI is InChI=1S/C13H19NOS/c1-10-3-5-11(6-4-10)13(15)12-9-16-8-7-14(12)2/h3-6,12-13,15H,7-9H2,1-2H3. The van der Waals surface area contributed by atoms with E-state index in [1.807, 2.05) is 23.9 Å². The van der Waals surface area contributed by atoms with Crippen molar-refractivity contribution in [2.75, 3.05) is 25.1 Å². The molecule has 0 aliphatic carbocycles. The molecule has 1 aliphatic heterocycles. The molecule has 2 atom stereocenters. The van der Waals surface area contributed by atoms with E-state index < -0.39 is 0 Å². The van der Waals surface area contributed by atoms with Crippen LogP contribution < -0.4 is 0 Å². The van der Waals surface area contributed by atoms with E-state index in [0.29, 0.717) is 0 Å². The molecular weight excluding hydrogens is 218 g/mol. The number of rotatable bonds is 2. The van der Waals surface area contributed by atoms with E-state index in [1.165, 1.54) is 11.3 Å². The van der Waals surface area contributed by atoms with Crippen molar-refractivity contribution in [1.82, 2.24) is 4.90 Å². The van der Waals surface area contributed by atoms with Gasteiger partial charge in [-0.15, -0.1) is 0 Å². The average molecular weight is 237 g/mol. The van der Waals surface area contributed by atoms with Crippen LogP contribution in [0.4, 0.5) is 0 Å². The second-order valence-electron chi connectivity index (χ2n) is 4.48. The van der Waals surface area contributed by atoms with Gasteiger partial charge in [0.1, 0.15) is 0 Å². The van der Waals surface area contributed by atoms with E-state index in [-0.39, 0.29) is 12.1 Å². The summed E-state index contributed by atoms with van der Waals surface area (Å²) in [5, 5.41) is 10.4. The quantitative estimate of drug-likeness (QED) is 0.852. The lowest BCUT2D eigenvalue weighted by atomic mass is 10.0. The van der Waals surface area contributed by atoms with Gasteiger partial charge in [0.05, 0.1) is 6.10 Å². The molecule has 1 aliphatic rings. The van der Waals surface area contributed by atoms with Crippen LogP contribution in [0.15, 0.2) is 24.3 Å². The van der Waals surface area contributed by atoms with Gasteiger partial charge in [-0.25, -0.2) is 0 Å². The van der Waals surface area contributed by atoms with Crippen molar-refractivity contribution in [3.8, 4) is 0 Å². The Bertz CT molecular complexity index is 338. The highest BCUT2D eigenvalue weighted by Crippen LogP contribution is 2.26. The minimum absolute atomic E-state index is 0.251. The zero-order valence-corrected chi connectivity index (χ0v) is 10.7. The summed E-state index contributed by atoms with van der Waals surface area (Å²) < 4.78 is 0. The molecule has 0 aromatic heterocycles. The fourth-order valence-corrected chi connectivity index (χ4v) is 3.29. The minimum atomic E-state index is -0.363. The topological polar surface area (TPSA) is 23.5 Å². The molecular formula is C13H19NOS. The lowest BCUT2D eigenvalue weighted by Crippen LogP contribution is -2.43. The second kappa shape index (κ2) is 5.21. The number of benzene rings is 1. The number of nitrogens with zero attached hydrogens (tertiary/aromatic N) is 1. The van der Waals surface area contributed by atoms with Gasteiger partial charge in [-0.1, -0.05) is 29.8 Å². The van der Waals surface area contributed by atoms with E-state index >= 15 is 0 Å². The first kappa shape index (κ1) is 12.0. The number of thioether (sulfide) groups is 1. The van der Waals surface area contributed by atoms with Crippen LogP contribution >= 0.6 is 11.8 Å². The predicted molar refractivity (Wildman–Crippen MR) is 69.9 cm³/mol. The SMILES string of the molecule is Cc1ccc(C(O)C2CSCCN2C)cc1. The van der Waals surface area contributed by atoms with Crippen LogP contribution in [0.2, 0.25) is 0 Å². The summed E-state index contributed by atoms with van der Waals surface area (Å²) in [6, 6.07) is 8.45. The third kappa shape index (κ3) is 2.59. The van der Waals surface area contributed by atoms with Crippen LogP contribution in [-0.2, 0) is 0 Å². The number of likely N-dealkylation sites (N-methyl/N-ethyl adjacent to an activating group) is 1. The van der Waals surface area contributed by atoms with E-state index in [9.17, 15) is 5.11 Å². The van der Waals surface area contributed by atoms with Gasteiger partial charge in [-0.3, -0.25) is 4.90 Å². The first-order valence-electron chi connectivity index (χ1n) is 5.71. The monoisotopic (exact) mass is 237 g/mol. The minimum Gasteiger partial charge on any atom is -0.387 e. The molecule has 88 valence electrons. The van der Waals surface area contributed by atoms with Gasteiger partial charge in [0.15, 0.2) is 0 Å². The summed E-state index contributed by atoms with van der Waals surface area (Å²) in [7, 11) is 2.10. The second-order valence-corrected chi connectivity index (χ2v) is 5.63. The summed E-state index contributed by atoms with van der Waals surface area (Å²) in [5.74, 6) is 2.19. The molecule has 0 radical (unpaired) electrons. The zero-order valence-electron chi connectivity index (χ0n) is 9.89. The molecule has 1 aromatic rings. The first-order chi connectivity index (χ1) is 7.68. The maximum Gasteiger partial charge on any atom is 0.0953 e. The number of aryl methyl sites for hydroxylation is 1. The highest BCUT2D eigenvalue weighted by atomic mass is 32.2. The van der Waals surface area contributed by atoms with Crippen molar-refractivity contribution in [1.29, 1.82) is 0 Å². The molecule has 0 spiro atoms. The lowest BCUT2D eigenvalue weighted by molar-refractivity contribution is 0.0758. The number of hydrogen-bond donors (Lipinski definition) is 1. The Morgan fingerprint density at radius 3 is 2.69 bits per heavy atom. The molecule has 1 saturated heterocycles. The van der Waals surface area contributed by atoms with E-state index in [2.05, 4.69) is 31.0 Å². The summed E-state index contributed by atoms with van der Waals surface area (Å²) in [6.45, 7) is 3.14. The lowest BCUT2D eigenvalue weighted by Gasteiger charge is -2.35. The highest BCUT2D eigenvalue weighted by Gasteiger charge is 2.27. The fourth-order valence-electron chi connectivity index (χ4n) is 2.02. The number of hydrogen-bond acceptors (Lipinski definition) is 3. The van der Waals surface area contributed by atoms with Gasteiger partial charge >= 0.3 is 0 Å². The van der Waals surface area contributed by atoms with Crippen molar-refractivity contribution in [2.45, 2.75) is 19.1 Å². The molecule has 1 fully saturated rings. The molecule has 2 nitrogen and oxygen atoms in total. The predicted octanol–water partition coefficient (Wildman–Crippen LogP) is 2.08. The summed E-state index contributed by atoms with van der Waals surface area (Å²) in [5.41, 5.74) is 2.27. The molecule has 0 bridgehead atoms. The molecule has 1 N–H and O–H groups in total. The van der Waals surface area contributed by atoms with Crippen LogP contribution in [0.1, 0.15) is 17.2 Å². The third-order valence-electron chi connectivity index (χ3n) is 3.23. The average Bonchev–Trinajstić information content (AvgIpc) is 2.30. The van der Waals surface area contributed by atoms with Crippen LogP contribution in [0.25, 0.3) is 0 Å². The third-order valence-corrected chi connectivity index (χ3v) is 4.27. The Morgan fingerprint density at radius 1 is 1.38 bits per heavy atom. The molecule has 1 heterocycles. The van der Waals surface area contributed by atoms with Gasteiger partial charge in [0.2, 0.25) is 0 Å². The van der Waals surface area contributed by atoms with Gasteiger partial charge in [-0.2, -0.15) is 11.8 Å². The van der Waals surface area contributed by atoms with Crippen LogP contribution in [0.3, 0.4) is 0 Å². The van der Waals surface area contributed by atoms with Crippen LogP contribution in [0, 0.1) is 6.92 Å². The Kier molecular flexibility index (Phi) is 3.90. The molecule has 1 aromatic carbocycles. The molecule has 3 heteroatoms. The van der Waals surface area contributed by atoms with Gasteiger partial charge in [0.25, 0.3) is 0 Å². The normalized spacial score (nSPS) is 24.3. The fraction of sp³-hybridized carbons (Fsp3) is 0.538. The highest BCUT2D eigenvalue weighted by molar-refractivity contribution is 7.99. The summed E-state index contributed by atoms with van der Waals surface area (Å²) in [6.07, 6.45) is -0.363. The largest absolute Gasteiger partial charge is 0.387 e. The Morgan fingerprint density at radius 2 is 2.06 bits per heavy atom. The number of aliphatic hydroxyl groups is 1. The number of aliphatic hydroxyl groups excluding tert-OH is 1. The van der Waals surface area contributed by atoms with Crippen molar-refractivity contribution in [3.63, 3.8) is 0 Å². The zero-order chi connectivity index (χ0) is 11.5. The molecule has 2 rings (SSSR count). The van der Waals surface area contributed by atoms with Crippen molar-refractivity contribution >= 4 is 11.8 Å². The smallest absolute Gasteiger partial charge is 0.0953 e. The summed E-state index contributed by atoms with van der Waals surface area (Å²) >= 11 is 1.93. The van der Waals surface area contributed by atoms with E-state index in [4.69, 9.17) is 0 Å². The maximum absolute atomic E-state index is 10.4. The van der Waals surface area contributed by atoms with Gasteiger partial charge in [0, 0.05) is 24.1 Å². The Labute approximate surface area is 102 Å². The molecule has 0 amide bonds. The molecule has 0 saturated carbocycles. The first-order valence-corrected chi connectivity index (χ1v) is 6.86. The van der Waals surface area contributed by atoms with Crippen molar-refractivity contribution in [2.24, 2.45) is 0 Å². The maximum atomic E-state index is 10.4. The summed E-state index contributed by atoms with van der Waals surface area (Å²) in [4.78, 5) is 2.26. The van der Waals surface area contributed by atoms with Crippen LogP contribution in [-0.4, -0.2) is 41.1 Å². The molecule has 16 heavy (non-hydrogen) atoms. The van der Waals surface area contributed by atoms with Gasteiger partial charge < -0.3 is 5.11 Å². The van der Waals surface area contributed by atoms with Crippen LogP contribution in [0.5, 0.6) is 0 Å². The van der Waals surface area contributed by atoms with E-state index in [0.717, 1.165) is 17.9 Å². The van der Waals surface area contributed by atoms with E-state index in [1.54, 1.807) is 0 Å². The Balaban J connectivity index is 2.11. The van der Waals surface area contributed by atoms with Gasteiger partial charge in [-0.05, 0) is 19.5 Å². The molecule has 2 unspecified atom stereocenters. The Hall–Kier alpha value is -0.510.